The van der Waals surface area contributed by atoms with Gasteiger partial charge in [0.05, 0.1) is 13.2 Å². The first-order valence-corrected chi connectivity index (χ1v) is 10.7. The zero-order valence-corrected chi connectivity index (χ0v) is 17.0. The minimum Gasteiger partial charge on any atom is -0.348 e. The predicted molar refractivity (Wildman–Crippen MR) is 113 cm³/mol. The number of unbranched alkanes of at least 4 members (excludes halogenated alkanes) is 3. The van der Waals surface area contributed by atoms with Crippen molar-refractivity contribution in [3.8, 4) is 11.1 Å². The molecule has 2 aromatic rings. The molecule has 1 saturated heterocycles. The van der Waals surface area contributed by atoms with Crippen LogP contribution in [0, 0.1) is 5.92 Å². The Morgan fingerprint density at radius 2 is 1.33 bits per heavy atom. The smallest absolute Gasteiger partial charge is 0.183 e. The molecule has 0 aliphatic carbocycles. The highest BCUT2D eigenvalue weighted by Gasteiger charge is 2.23. The number of aryl methyl sites for hydroxylation is 1. The van der Waals surface area contributed by atoms with Crippen molar-refractivity contribution >= 4 is 0 Å². The molecule has 0 unspecified atom stereocenters. The largest absolute Gasteiger partial charge is 0.348 e. The first-order chi connectivity index (χ1) is 13.3. The second-order valence-electron chi connectivity index (χ2n) is 7.78. The third-order valence-electron chi connectivity index (χ3n) is 5.47. The third-order valence-corrected chi connectivity index (χ3v) is 5.47. The molecular weight excluding hydrogens is 332 g/mol. The molecule has 0 aromatic heterocycles. The lowest BCUT2D eigenvalue weighted by Crippen LogP contribution is -2.27. The molecule has 0 radical (unpaired) electrons. The highest BCUT2D eigenvalue weighted by Crippen LogP contribution is 2.29. The van der Waals surface area contributed by atoms with Gasteiger partial charge >= 0.3 is 0 Å². The summed E-state index contributed by atoms with van der Waals surface area (Å²) in [5.41, 5.74) is 5.05. The van der Waals surface area contributed by atoms with Crippen LogP contribution in [0.4, 0.5) is 0 Å². The summed E-state index contributed by atoms with van der Waals surface area (Å²) < 4.78 is 12.0. The molecule has 1 aliphatic heterocycles. The van der Waals surface area contributed by atoms with Gasteiger partial charge in [-0.25, -0.2) is 0 Å². The number of ether oxygens (including phenoxy) is 2. The second-order valence-corrected chi connectivity index (χ2v) is 7.78. The molecule has 1 heterocycles. The van der Waals surface area contributed by atoms with E-state index in [9.17, 15) is 0 Å². The summed E-state index contributed by atoms with van der Waals surface area (Å²) >= 11 is 0. The van der Waals surface area contributed by atoms with E-state index in [1.165, 1.54) is 61.6 Å². The van der Waals surface area contributed by atoms with Crippen LogP contribution in [0.3, 0.4) is 0 Å². The van der Waals surface area contributed by atoms with Crippen molar-refractivity contribution in [2.45, 2.75) is 65.1 Å². The zero-order chi connectivity index (χ0) is 18.9. The molecule has 1 aliphatic rings. The van der Waals surface area contributed by atoms with Gasteiger partial charge in [-0.2, -0.15) is 0 Å². The van der Waals surface area contributed by atoms with Crippen LogP contribution < -0.4 is 0 Å². The van der Waals surface area contributed by atoms with Crippen molar-refractivity contribution in [1.29, 1.82) is 0 Å². The standard InChI is InChI=1S/C25H34O2/c1-3-5-7-9-21-18-26-25(27-19-21)24-16-14-23(15-17-24)22-12-10-20(11-13-22)8-6-4-2/h10-17,21,25H,3-9,18-19H2,1-2H3. The van der Waals surface area contributed by atoms with Crippen molar-refractivity contribution < 1.29 is 9.47 Å². The second kappa shape index (κ2) is 10.6. The van der Waals surface area contributed by atoms with E-state index in [1.54, 1.807) is 0 Å². The van der Waals surface area contributed by atoms with Crippen LogP contribution in [0.25, 0.3) is 11.1 Å². The summed E-state index contributed by atoms with van der Waals surface area (Å²) in [7, 11) is 0. The fraction of sp³-hybridized carbons (Fsp3) is 0.520. The fourth-order valence-corrected chi connectivity index (χ4v) is 3.66. The lowest BCUT2D eigenvalue weighted by Gasteiger charge is -2.29. The van der Waals surface area contributed by atoms with Gasteiger partial charge < -0.3 is 9.47 Å². The minimum absolute atomic E-state index is 0.210. The number of hydrogen-bond donors (Lipinski definition) is 0. The van der Waals surface area contributed by atoms with Gasteiger partial charge in [0.25, 0.3) is 0 Å². The zero-order valence-electron chi connectivity index (χ0n) is 17.0. The van der Waals surface area contributed by atoms with E-state index in [1.807, 2.05) is 0 Å². The molecule has 0 atom stereocenters. The Bertz CT molecular complexity index is 652. The van der Waals surface area contributed by atoms with Gasteiger partial charge in [0.1, 0.15) is 0 Å². The number of benzene rings is 2. The highest BCUT2D eigenvalue weighted by molar-refractivity contribution is 5.64. The van der Waals surface area contributed by atoms with E-state index in [2.05, 4.69) is 62.4 Å². The van der Waals surface area contributed by atoms with Crippen molar-refractivity contribution in [3.05, 3.63) is 59.7 Å². The maximum absolute atomic E-state index is 5.98. The molecule has 2 nitrogen and oxygen atoms in total. The molecule has 0 N–H and O–H groups in total. The van der Waals surface area contributed by atoms with E-state index in [4.69, 9.17) is 9.47 Å². The Hall–Kier alpha value is -1.64. The van der Waals surface area contributed by atoms with Crippen LogP contribution in [0.1, 0.15) is 69.8 Å². The Kier molecular flexibility index (Phi) is 7.92. The minimum atomic E-state index is -0.210. The Balaban J connectivity index is 1.53. The van der Waals surface area contributed by atoms with Gasteiger partial charge in [0, 0.05) is 11.5 Å². The van der Waals surface area contributed by atoms with Crippen LogP contribution in [0.5, 0.6) is 0 Å². The van der Waals surface area contributed by atoms with E-state index >= 15 is 0 Å². The van der Waals surface area contributed by atoms with E-state index < -0.39 is 0 Å². The van der Waals surface area contributed by atoms with Crippen LogP contribution in [0.2, 0.25) is 0 Å². The molecule has 3 rings (SSSR count). The first kappa shape index (κ1) is 20.1. The van der Waals surface area contributed by atoms with Gasteiger partial charge in [-0.3, -0.25) is 0 Å². The Morgan fingerprint density at radius 3 is 1.93 bits per heavy atom. The third kappa shape index (κ3) is 5.92. The van der Waals surface area contributed by atoms with Gasteiger partial charge in [0.15, 0.2) is 6.29 Å². The first-order valence-electron chi connectivity index (χ1n) is 10.7. The molecule has 2 heteroatoms. The topological polar surface area (TPSA) is 18.5 Å². The quantitative estimate of drug-likeness (QED) is 0.448. The van der Waals surface area contributed by atoms with Gasteiger partial charge in [-0.1, -0.05) is 88.1 Å². The molecule has 0 amide bonds. The molecule has 0 spiro atoms. The van der Waals surface area contributed by atoms with Crippen molar-refractivity contribution in [2.75, 3.05) is 13.2 Å². The van der Waals surface area contributed by atoms with Crippen molar-refractivity contribution in [2.24, 2.45) is 5.92 Å². The molecule has 27 heavy (non-hydrogen) atoms. The maximum Gasteiger partial charge on any atom is 0.183 e. The number of rotatable bonds is 9. The summed E-state index contributed by atoms with van der Waals surface area (Å²) in [6, 6.07) is 17.6. The monoisotopic (exact) mass is 366 g/mol. The lowest BCUT2D eigenvalue weighted by molar-refractivity contribution is -0.206. The summed E-state index contributed by atoms with van der Waals surface area (Å²) in [5.74, 6) is 0.554. The molecule has 1 fully saturated rings. The van der Waals surface area contributed by atoms with Crippen LogP contribution in [-0.2, 0) is 15.9 Å². The number of hydrogen-bond acceptors (Lipinski definition) is 2. The molecule has 146 valence electrons. The summed E-state index contributed by atoms with van der Waals surface area (Å²) in [5, 5.41) is 0. The highest BCUT2D eigenvalue weighted by atomic mass is 16.7. The Labute approximate surface area is 164 Å². The SMILES string of the molecule is CCCCCC1COC(c2ccc(-c3ccc(CCCC)cc3)cc2)OC1. The van der Waals surface area contributed by atoms with E-state index in [-0.39, 0.29) is 6.29 Å². The van der Waals surface area contributed by atoms with Crippen LogP contribution in [0.15, 0.2) is 48.5 Å². The molecule has 0 saturated carbocycles. The summed E-state index contributed by atoms with van der Waals surface area (Å²) in [6.07, 6.45) is 8.54. The molecule has 0 bridgehead atoms. The van der Waals surface area contributed by atoms with E-state index in [0.29, 0.717) is 5.92 Å². The summed E-state index contributed by atoms with van der Waals surface area (Å²) in [4.78, 5) is 0. The van der Waals surface area contributed by atoms with Gasteiger partial charge in [-0.05, 0) is 36.0 Å². The fourth-order valence-electron chi connectivity index (χ4n) is 3.66. The average molecular weight is 367 g/mol. The maximum atomic E-state index is 5.98. The molecule has 2 aromatic carbocycles. The van der Waals surface area contributed by atoms with Gasteiger partial charge in [-0.15, -0.1) is 0 Å². The average Bonchev–Trinajstić information content (AvgIpc) is 2.73. The van der Waals surface area contributed by atoms with Crippen molar-refractivity contribution in [3.63, 3.8) is 0 Å². The molecular formula is C25H34O2. The van der Waals surface area contributed by atoms with Crippen LogP contribution in [-0.4, -0.2) is 13.2 Å². The Morgan fingerprint density at radius 1 is 0.741 bits per heavy atom. The lowest BCUT2D eigenvalue weighted by atomic mass is 10.00. The summed E-state index contributed by atoms with van der Waals surface area (Å²) in [6.45, 7) is 6.11. The predicted octanol–water partition coefficient (Wildman–Crippen LogP) is 6.94. The van der Waals surface area contributed by atoms with Crippen LogP contribution >= 0.6 is 0 Å². The van der Waals surface area contributed by atoms with E-state index in [0.717, 1.165) is 18.8 Å². The van der Waals surface area contributed by atoms with Crippen molar-refractivity contribution in [1.82, 2.24) is 0 Å². The van der Waals surface area contributed by atoms with Gasteiger partial charge in [0.2, 0.25) is 0 Å². The normalized spacial score (nSPS) is 19.9.